The smallest absolute Gasteiger partial charge is 0.387 e. The van der Waals surface area contributed by atoms with Gasteiger partial charge in [-0.1, -0.05) is 30.3 Å². The highest BCUT2D eigenvalue weighted by Crippen LogP contribution is 2.19. The number of hydrogen-bond acceptors (Lipinski definition) is 5. The molecule has 0 atom stereocenters. The van der Waals surface area contributed by atoms with Crippen molar-refractivity contribution in [1.29, 1.82) is 0 Å². The van der Waals surface area contributed by atoms with E-state index in [0.29, 0.717) is 24.9 Å². The molecule has 0 N–H and O–H groups in total. The minimum Gasteiger partial charge on any atom is -0.435 e. The van der Waals surface area contributed by atoms with Crippen molar-refractivity contribution < 1.29 is 17.9 Å². The van der Waals surface area contributed by atoms with E-state index in [0.717, 1.165) is 11.1 Å². The van der Waals surface area contributed by atoms with Gasteiger partial charge in [0.15, 0.2) is 0 Å². The van der Waals surface area contributed by atoms with Gasteiger partial charge in [-0.15, -0.1) is 10.2 Å². The number of benzene rings is 2. The van der Waals surface area contributed by atoms with Gasteiger partial charge in [-0.25, -0.2) is 0 Å². The van der Waals surface area contributed by atoms with Crippen molar-refractivity contribution in [3.05, 3.63) is 66.1 Å². The first kappa shape index (κ1) is 17.0. The predicted octanol–water partition coefficient (Wildman–Crippen LogP) is 3.97. The van der Waals surface area contributed by atoms with Crippen LogP contribution in [-0.2, 0) is 13.1 Å². The number of nitrogens with zero attached hydrogens (tertiary/aromatic N) is 3. The van der Waals surface area contributed by atoms with E-state index < -0.39 is 6.61 Å². The van der Waals surface area contributed by atoms with Crippen molar-refractivity contribution in [3.63, 3.8) is 0 Å². The summed E-state index contributed by atoms with van der Waals surface area (Å²) in [6.07, 6.45) is 0. The van der Waals surface area contributed by atoms with Crippen molar-refractivity contribution in [1.82, 2.24) is 15.1 Å². The molecule has 130 valence electrons. The minimum atomic E-state index is -2.81. The summed E-state index contributed by atoms with van der Waals surface area (Å²) in [7, 11) is 1.91. The maximum Gasteiger partial charge on any atom is 0.387 e. The average Bonchev–Trinajstić information content (AvgIpc) is 3.05. The van der Waals surface area contributed by atoms with Crippen molar-refractivity contribution in [2.45, 2.75) is 19.7 Å². The number of aromatic nitrogens is 2. The quantitative estimate of drug-likeness (QED) is 0.648. The van der Waals surface area contributed by atoms with Crippen molar-refractivity contribution >= 4 is 0 Å². The summed E-state index contributed by atoms with van der Waals surface area (Å²) in [4.78, 5) is 1.99. The molecule has 0 bridgehead atoms. The molecule has 0 saturated heterocycles. The van der Waals surface area contributed by atoms with E-state index in [2.05, 4.69) is 14.9 Å². The number of alkyl halides is 2. The second kappa shape index (κ2) is 7.85. The SMILES string of the molecule is CN(Cc1ccc(OC(F)F)cc1)Cc1nnc(-c2ccccc2)o1. The molecule has 25 heavy (non-hydrogen) atoms. The van der Waals surface area contributed by atoms with Crippen LogP contribution in [0.15, 0.2) is 59.0 Å². The highest BCUT2D eigenvalue weighted by atomic mass is 19.3. The third kappa shape index (κ3) is 4.84. The molecule has 0 unspecified atom stereocenters. The Morgan fingerprint density at radius 3 is 2.40 bits per heavy atom. The highest BCUT2D eigenvalue weighted by molar-refractivity contribution is 5.51. The summed E-state index contributed by atoms with van der Waals surface area (Å²) in [5, 5.41) is 8.11. The molecule has 0 aliphatic rings. The molecule has 0 saturated carbocycles. The third-order valence-corrected chi connectivity index (χ3v) is 3.49. The number of rotatable bonds is 7. The summed E-state index contributed by atoms with van der Waals surface area (Å²) in [5.41, 5.74) is 1.84. The second-order valence-corrected chi connectivity index (χ2v) is 5.56. The van der Waals surface area contributed by atoms with Crippen LogP contribution in [0.5, 0.6) is 5.75 Å². The molecule has 2 aromatic carbocycles. The molecule has 3 rings (SSSR count). The van der Waals surface area contributed by atoms with E-state index in [1.807, 2.05) is 42.3 Å². The topological polar surface area (TPSA) is 51.4 Å². The summed E-state index contributed by atoms with van der Waals surface area (Å²) < 4.78 is 34.3. The fourth-order valence-electron chi connectivity index (χ4n) is 2.39. The first-order valence-corrected chi connectivity index (χ1v) is 7.70. The highest BCUT2D eigenvalue weighted by Gasteiger charge is 2.11. The van der Waals surface area contributed by atoms with Crippen LogP contribution in [0.3, 0.4) is 0 Å². The van der Waals surface area contributed by atoms with E-state index in [4.69, 9.17) is 4.42 Å². The monoisotopic (exact) mass is 345 g/mol. The van der Waals surface area contributed by atoms with Gasteiger partial charge in [0.05, 0.1) is 6.54 Å². The Kier molecular flexibility index (Phi) is 5.35. The molecule has 7 heteroatoms. The Morgan fingerprint density at radius 1 is 1.00 bits per heavy atom. The number of hydrogen-bond donors (Lipinski definition) is 0. The first-order valence-electron chi connectivity index (χ1n) is 7.70. The lowest BCUT2D eigenvalue weighted by molar-refractivity contribution is -0.0498. The number of halogens is 2. The van der Waals surface area contributed by atoms with Gasteiger partial charge >= 0.3 is 6.61 Å². The summed E-state index contributed by atoms with van der Waals surface area (Å²) >= 11 is 0. The molecule has 0 amide bonds. The fourth-order valence-corrected chi connectivity index (χ4v) is 2.39. The van der Waals surface area contributed by atoms with Crippen LogP contribution in [-0.4, -0.2) is 28.8 Å². The van der Waals surface area contributed by atoms with Gasteiger partial charge in [0.25, 0.3) is 0 Å². The van der Waals surface area contributed by atoms with Gasteiger partial charge in [0.1, 0.15) is 5.75 Å². The molecule has 5 nitrogen and oxygen atoms in total. The maximum atomic E-state index is 12.1. The zero-order chi connectivity index (χ0) is 17.6. The average molecular weight is 345 g/mol. The molecule has 0 aliphatic heterocycles. The molecule has 3 aromatic rings. The van der Waals surface area contributed by atoms with E-state index in [-0.39, 0.29) is 5.75 Å². The van der Waals surface area contributed by atoms with Crippen LogP contribution >= 0.6 is 0 Å². The molecule has 0 fully saturated rings. The summed E-state index contributed by atoms with van der Waals surface area (Å²) in [6.45, 7) is -1.72. The normalized spacial score (nSPS) is 11.2. The van der Waals surface area contributed by atoms with Crippen LogP contribution in [0.25, 0.3) is 11.5 Å². The van der Waals surface area contributed by atoms with E-state index >= 15 is 0 Å². The zero-order valence-electron chi connectivity index (χ0n) is 13.6. The van der Waals surface area contributed by atoms with Crippen molar-refractivity contribution in [2.24, 2.45) is 0 Å². The molecule has 0 aliphatic carbocycles. The Hall–Kier alpha value is -2.80. The minimum absolute atomic E-state index is 0.144. The van der Waals surface area contributed by atoms with Gasteiger partial charge in [0, 0.05) is 12.1 Å². The predicted molar refractivity (Wildman–Crippen MR) is 88.0 cm³/mol. The number of ether oxygens (including phenoxy) is 1. The van der Waals surface area contributed by atoms with Crippen LogP contribution in [0.1, 0.15) is 11.5 Å². The molecule has 1 heterocycles. The zero-order valence-corrected chi connectivity index (χ0v) is 13.6. The molecular formula is C18H17F2N3O2. The lowest BCUT2D eigenvalue weighted by Gasteiger charge is -2.14. The standard InChI is InChI=1S/C18H17F2N3O2/c1-23(11-13-7-9-15(10-8-13)24-18(19)20)12-16-21-22-17(25-16)14-5-3-2-4-6-14/h2-10,18H,11-12H2,1H3. The second-order valence-electron chi connectivity index (χ2n) is 5.56. The van der Waals surface area contributed by atoms with E-state index in [1.54, 1.807) is 12.1 Å². The van der Waals surface area contributed by atoms with E-state index in [1.165, 1.54) is 12.1 Å². The largest absolute Gasteiger partial charge is 0.435 e. The lowest BCUT2D eigenvalue weighted by Crippen LogP contribution is -2.17. The van der Waals surface area contributed by atoms with Gasteiger partial charge in [0.2, 0.25) is 11.8 Å². The van der Waals surface area contributed by atoms with Crippen LogP contribution in [0.4, 0.5) is 8.78 Å². The molecule has 0 radical (unpaired) electrons. The van der Waals surface area contributed by atoms with Crippen LogP contribution < -0.4 is 4.74 Å². The van der Waals surface area contributed by atoms with Crippen molar-refractivity contribution in [3.8, 4) is 17.2 Å². The van der Waals surface area contributed by atoms with Crippen LogP contribution in [0.2, 0.25) is 0 Å². The Morgan fingerprint density at radius 2 is 1.72 bits per heavy atom. The third-order valence-electron chi connectivity index (χ3n) is 3.49. The Bertz CT molecular complexity index is 792. The van der Waals surface area contributed by atoms with Gasteiger partial charge in [-0.05, 0) is 36.9 Å². The Balaban J connectivity index is 1.57. The fraction of sp³-hybridized carbons (Fsp3) is 0.222. The first-order chi connectivity index (χ1) is 12.1. The lowest BCUT2D eigenvalue weighted by atomic mass is 10.2. The van der Waals surface area contributed by atoms with Crippen molar-refractivity contribution in [2.75, 3.05) is 7.05 Å². The summed E-state index contributed by atoms with van der Waals surface area (Å²) in [6, 6.07) is 16.1. The molecule has 1 aromatic heterocycles. The Labute approximate surface area is 143 Å². The maximum absolute atomic E-state index is 12.1. The van der Waals surface area contributed by atoms with Gasteiger partial charge < -0.3 is 9.15 Å². The summed E-state index contributed by atoms with van der Waals surface area (Å²) in [5.74, 6) is 1.14. The van der Waals surface area contributed by atoms with Gasteiger partial charge in [-0.2, -0.15) is 8.78 Å². The molecular weight excluding hydrogens is 328 g/mol. The van der Waals surface area contributed by atoms with Crippen LogP contribution in [0, 0.1) is 0 Å². The molecule has 0 spiro atoms. The van der Waals surface area contributed by atoms with Gasteiger partial charge in [-0.3, -0.25) is 4.90 Å². The van der Waals surface area contributed by atoms with E-state index in [9.17, 15) is 8.78 Å².